The smallest absolute Gasteiger partial charge is 0.344 e. The molecule has 0 atom stereocenters. The first-order valence-corrected chi connectivity index (χ1v) is 6.19. The van der Waals surface area contributed by atoms with Crippen LogP contribution >= 0.6 is 11.6 Å². The molecular weight excluding hydrogens is 286 g/mol. The number of halogens is 1. The van der Waals surface area contributed by atoms with Crippen LogP contribution in [0.4, 0.5) is 0 Å². The van der Waals surface area contributed by atoms with E-state index in [9.17, 15) is 10.0 Å². The highest BCUT2D eigenvalue weighted by Crippen LogP contribution is 2.26. The Hall–Kier alpha value is -2.28. The van der Waals surface area contributed by atoms with Crippen LogP contribution in [0.2, 0.25) is 5.02 Å². The molecule has 2 aromatic rings. The Labute approximate surface area is 119 Å². The molecule has 1 aromatic heterocycles. The van der Waals surface area contributed by atoms with Crippen molar-refractivity contribution >= 4 is 17.6 Å². The Bertz CT molecular complexity index is 614. The standard InChI is InChI=1S/C12H12ClN3O4/c1-2-19-10(17)7-20-12-14-11(16(18)15-12)8-5-3-4-6-9(8)13/h3-6,18H,2,7H2,1H3. The van der Waals surface area contributed by atoms with Gasteiger partial charge in [0.1, 0.15) is 0 Å². The van der Waals surface area contributed by atoms with Crippen LogP contribution in [0.25, 0.3) is 11.4 Å². The summed E-state index contributed by atoms with van der Waals surface area (Å²) >= 11 is 6.00. The van der Waals surface area contributed by atoms with Gasteiger partial charge in [0, 0.05) is 5.56 Å². The minimum Gasteiger partial charge on any atom is -0.463 e. The van der Waals surface area contributed by atoms with E-state index in [0.29, 0.717) is 15.4 Å². The summed E-state index contributed by atoms with van der Waals surface area (Å²) in [6.07, 6.45) is 0. The molecule has 0 aliphatic rings. The molecule has 1 aromatic carbocycles. The first-order valence-electron chi connectivity index (χ1n) is 5.81. The van der Waals surface area contributed by atoms with Crippen LogP contribution in [0.1, 0.15) is 6.92 Å². The van der Waals surface area contributed by atoms with Gasteiger partial charge in [-0.05, 0) is 19.1 Å². The third-order valence-electron chi connectivity index (χ3n) is 2.31. The van der Waals surface area contributed by atoms with Gasteiger partial charge in [-0.15, -0.1) is 0 Å². The van der Waals surface area contributed by atoms with Gasteiger partial charge in [0.25, 0.3) is 0 Å². The average Bonchev–Trinajstić information content (AvgIpc) is 2.79. The maximum absolute atomic E-state index is 11.1. The summed E-state index contributed by atoms with van der Waals surface area (Å²) in [5, 5.41) is 13.7. The molecule has 1 heterocycles. The molecule has 0 unspecified atom stereocenters. The minimum atomic E-state index is -0.541. The van der Waals surface area contributed by atoms with E-state index in [1.54, 1.807) is 31.2 Å². The van der Waals surface area contributed by atoms with Gasteiger partial charge in [0.15, 0.2) is 6.61 Å². The van der Waals surface area contributed by atoms with E-state index in [2.05, 4.69) is 10.1 Å². The first-order chi connectivity index (χ1) is 9.61. The van der Waals surface area contributed by atoms with E-state index >= 15 is 0 Å². The third kappa shape index (κ3) is 3.18. The van der Waals surface area contributed by atoms with Crippen molar-refractivity contribution in [3.05, 3.63) is 29.3 Å². The molecular formula is C12H12ClN3O4. The molecule has 0 bridgehead atoms. The molecule has 0 spiro atoms. The Morgan fingerprint density at radius 2 is 2.20 bits per heavy atom. The first kappa shape index (κ1) is 14.1. The Morgan fingerprint density at radius 3 is 2.90 bits per heavy atom. The van der Waals surface area contributed by atoms with Gasteiger partial charge >= 0.3 is 12.0 Å². The fourth-order valence-electron chi connectivity index (χ4n) is 1.48. The molecule has 0 saturated carbocycles. The minimum absolute atomic E-state index is 0.120. The van der Waals surface area contributed by atoms with Gasteiger partial charge in [-0.25, -0.2) is 4.79 Å². The van der Waals surface area contributed by atoms with Crippen LogP contribution in [-0.4, -0.2) is 39.3 Å². The maximum Gasteiger partial charge on any atom is 0.344 e. The van der Waals surface area contributed by atoms with E-state index in [-0.39, 0.29) is 25.0 Å². The van der Waals surface area contributed by atoms with Crippen LogP contribution in [0.5, 0.6) is 6.01 Å². The van der Waals surface area contributed by atoms with Crippen LogP contribution in [0.15, 0.2) is 24.3 Å². The van der Waals surface area contributed by atoms with Crippen molar-refractivity contribution in [1.82, 2.24) is 14.9 Å². The second kappa shape index (κ2) is 6.25. The lowest BCUT2D eigenvalue weighted by atomic mass is 10.2. The summed E-state index contributed by atoms with van der Waals surface area (Å²) in [4.78, 5) is 15.6. The molecule has 106 valence electrons. The number of rotatable bonds is 5. The molecule has 0 radical (unpaired) electrons. The van der Waals surface area contributed by atoms with Gasteiger partial charge in [-0.3, -0.25) is 0 Å². The van der Waals surface area contributed by atoms with Crippen molar-refractivity contribution in [2.45, 2.75) is 6.92 Å². The number of carbonyl (C=O) groups excluding carboxylic acids is 1. The highest BCUT2D eigenvalue weighted by Gasteiger charge is 2.16. The zero-order chi connectivity index (χ0) is 14.5. The van der Waals surface area contributed by atoms with Gasteiger partial charge in [-0.1, -0.05) is 33.7 Å². The highest BCUT2D eigenvalue weighted by molar-refractivity contribution is 6.33. The van der Waals surface area contributed by atoms with E-state index in [1.807, 2.05) is 0 Å². The van der Waals surface area contributed by atoms with Crippen molar-refractivity contribution < 1.29 is 19.5 Å². The second-order valence-corrected chi connectivity index (χ2v) is 4.09. The molecule has 20 heavy (non-hydrogen) atoms. The Balaban J connectivity index is 2.14. The van der Waals surface area contributed by atoms with Crippen LogP contribution in [0.3, 0.4) is 0 Å². The monoisotopic (exact) mass is 297 g/mol. The van der Waals surface area contributed by atoms with Crippen LogP contribution in [-0.2, 0) is 9.53 Å². The molecule has 0 aliphatic carbocycles. The normalized spacial score (nSPS) is 10.3. The summed E-state index contributed by atoms with van der Waals surface area (Å²) in [5.74, 6) is -0.421. The Morgan fingerprint density at radius 1 is 1.45 bits per heavy atom. The Kier molecular flexibility index (Phi) is 4.41. The molecule has 8 heteroatoms. The van der Waals surface area contributed by atoms with E-state index in [4.69, 9.17) is 21.1 Å². The molecule has 2 rings (SSSR count). The zero-order valence-electron chi connectivity index (χ0n) is 10.6. The summed E-state index contributed by atoms with van der Waals surface area (Å²) in [7, 11) is 0. The molecule has 0 amide bonds. The second-order valence-electron chi connectivity index (χ2n) is 3.68. The fourth-order valence-corrected chi connectivity index (χ4v) is 1.70. The molecule has 0 saturated heterocycles. The molecule has 0 fully saturated rings. The van der Waals surface area contributed by atoms with Crippen molar-refractivity contribution in [2.24, 2.45) is 0 Å². The van der Waals surface area contributed by atoms with Crippen molar-refractivity contribution in [3.63, 3.8) is 0 Å². The quantitative estimate of drug-likeness (QED) is 0.668. The van der Waals surface area contributed by atoms with Gasteiger partial charge in [0.05, 0.1) is 11.6 Å². The SMILES string of the molecule is CCOC(=O)COc1nc(-c2ccccc2Cl)n(O)n1. The number of aromatic nitrogens is 3. The summed E-state index contributed by atoms with van der Waals surface area (Å²) in [5.41, 5.74) is 0.496. The van der Waals surface area contributed by atoms with Gasteiger partial charge in [0.2, 0.25) is 5.82 Å². The number of nitrogens with zero attached hydrogens (tertiary/aromatic N) is 3. The van der Waals surface area contributed by atoms with Gasteiger partial charge < -0.3 is 14.7 Å². The number of ether oxygens (including phenoxy) is 2. The lowest BCUT2D eigenvalue weighted by Gasteiger charge is -2.00. The number of hydrogen-bond donors (Lipinski definition) is 1. The van der Waals surface area contributed by atoms with Crippen molar-refractivity contribution in [2.75, 3.05) is 13.2 Å². The van der Waals surface area contributed by atoms with Gasteiger partial charge in [-0.2, -0.15) is 4.98 Å². The molecule has 7 nitrogen and oxygen atoms in total. The predicted octanol–water partition coefficient (Wildman–Crippen LogP) is 1.78. The lowest BCUT2D eigenvalue weighted by Crippen LogP contribution is -2.15. The topological polar surface area (TPSA) is 86.5 Å². The van der Waals surface area contributed by atoms with E-state index < -0.39 is 5.97 Å². The number of esters is 1. The van der Waals surface area contributed by atoms with E-state index in [1.165, 1.54) is 0 Å². The van der Waals surface area contributed by atoms with Crippen LogP contribution < -0.4 is 4.74 Å². The number of hydrogen-bond acceptors (Lipinski definition) is 6. The van der Waals surface area contributed by atoms with Crippen molar-refractivity contribution in [3.8, 4) is 17.4 Å². The molecule has 0 aliphatic heterocycles. The van der Waals surface area contributed by atoms with Crippen LogP contribution in [0, 0.1) is 0 Å². The summed E-state index contributed by atoms with van der Waals surface area (Å²) < 4.78 is 9.72. The summed E-state index contributed by atoms with van der Waals surface area (Å²) in [6.45, 7) is 1.61. The highest BCUT2D eigenvalue weighted by atomic mass is 35.5. The number of benzene rings is 1. The number of carbonyl (C=O) groups is 1. The predicted molar refractivity (Wildman–Crippen MR) is 69.8 cm³/mol. The maximum atomic E-state index is 11.1. The largest absolute Gasteiger partial charge is 0.463 e. The molecule has 1 N–H and O–H groups in total. The lowest BCUT2D eigenvalue weighted by molar-refractivity contribution is -0.145. The fraction of sp³-hybridized carbons (Fsp3) is 0.250. The van der Waals surface area contributed by atoms with Crippen molar-refractivity contribution in [1.29, 1.82) is 0 Å². The zero-order valence-corrected chi connectivity index (χ0v) is 11.4. The summed E-state index contributed by atoms with van der Waals surface area (Å²) in [6, 6.07) is 6.69. The average molecular weight is 298 g/mol. The third-order valence-corrected chi connectivity index (χ3v) is 2.64. The van der Waals surface area contributed by atoms with E-state index in [0.717, 1.165) is 0 Å².